The van der Waals surface area contributed by atoms with Crippen LogP contribution in [0, 0.1) is 0 Å². The molecule has 6 heteroatoms. The van der Waals surface area contributed by atoms with E-state index in [4.69, 9.17) is 9.47 Å². The standard InChI is InChI=1S/C15H18N2O3S/c18-14(10-19-9-11-4-3-7-20-11)16-8-15-17-12-5-1-2-6-13(12)21-15/h1-2,5-6,11H,3-4,7-10H2,(H,16,18). The highest BCUT2D eigenvalue weighted by Crippen LogP contribution is 2.21. The van der Waals surface area contributed by atoms with Crippen LogP contribution >= 0.6 is 11.3 Å². The van der Waals surface area contributed by atoms with Gasteiger partial charge in [0, 0.05) is 6.61 Å². The van der Waals surface area contributed by atoms with E-state index in [0.29, 0.717) is 13.2 Å². The van der Waals surface area contributed by atoms with Crippen LogP contribution in [-0.4, -0.2) is 36.8 Å². The van der Waals surface area contributed by atoms with Gasteiger partial charge in [-0.25, -0.2) is 4.98 Å². The summed E-state index contributed by atoms with van der Waals surface area (Å²) in [6.45, 7) is 1.82. The highest BCUT2D eigenvalue weighted by atomic mass is 32.1. The number of amides is 1. The molecule has 5 nitrogen and oxygen atoms in total. The molecule has 1 aromatic carbocycles. The van der Waals surface area contributed by atoms with Crippen LogP contribution in [0.25, 0.3) is 10.2 Å². The predicted octanol–water partition coefficient (Wildman–Crippen LogP) is 2.11. The van der Waals surface area contributed by atoms with Crippen molar-refractivity contribution in [3.05, 3.63) is 29.3 Å². The lowest BCUT2D eigenvalue weighted by Gasteiger charge is -2.09. The van der Waals surface area contributed by atoms with Crippen molar-refractivity contribution in [1.29, 1.82) is 0 Å². The fourth-order valence-corrected chi connectivity index (χ4v) is 3.19. The van der Waals surface area contributed by atoms with Gasteiger partial charge in [-0.05, 0) is 25.0 Å². The molecule has 1 aliphatic rings. The van der Waals surface area contributed by atoms with Gasteiger partial charge in [0.2, 0.25) is 5.91 Å². The monoisotopic (exact) mass is 306 g/mol. The first kappa shape index (κ1) is 14.4. The highest BCUT2D eigenvalue weighted by molar-refractivity contribution is 7.18. The molecule has 0 saturated carbocycles. The van der Waals surface area contributed by atoms with Crippen molar-refractivity contribution in [2.75, 3.05) is 19.8 Å². The number of fused-ring (bicyclic) bond motifs is 1. The summed E-state index contributed by atoms with van der Waals surface area (Å²) in [5.74, 6) is -0.118. The summed E-state index contributed by atoms with van der Waals surface area (Å²) in [5, 5.41) is 3.73. The third-order valence-electron chi connectivity index (χ3n) is 3.34. The molecule has 1 N–H and O–H groups in total. The largest absolute Gasteiger partial charge is 0.376 e. The Morgan fingerprint density at radius 3 is 3.19 bits per heavy atom. The first-order valence-corrected chi connectivity index (χ1v) is 7.93. The number of hydrogen-bond acceptors (Lipinski definition) is 5. The summed E-state index contributed by atoms with van der Waals surface area (Å²) in [6, 6.07) is 7.95. The van der Waals surface area contributed by atoms with Crippen LogP contribution in [0.2, 0.25) is 0 Å². The van der Waals surface area contributed by atoms with Crippen molar-refractivity contribution in [3.63, 3.8) is 0 Å². The molecular weight excluding hydrogens is 288 g/mol. The Morgan fingerprint density at radius 2 is 2.38 bits per heavy atom. The summed E-state index contributed by atoms with van der Waals surface area (Å²) in [6.07, 6.45) is 2.26. The van der Waals surface area contributed by atoms with E-state index < -0.39 is 0 Å². The molecule has 2 heterocycles. The molecule has 0 radical (unpaired) electrons. The predicted molar refractivity (Wildman–Crippen MR) is 81.3 cm³/mol. The van der Waals surface area contributed by atoms with Gasteiger partial charge in [0.1, 0.15) is 11.6 Å². The zero-order chi connectivity index (χ0) is 14.5. The molecule has 112 valence electrons. The summed E-state index contributed by atoms with van der Waals surface area (Å²) >= 11 is 1.60. The number of carbonyl (C=O) groups excluding carboxylic acids is 1. The maximum absolute atomic E-state index is 11.7. The molecule has 21 heavy (non-hydrogen) atoms. The molecule has 0 spiro atoms. The van der Waals surface area contributed by atoms with Crippen LogP contribution in [0.3, 0.4) is 0 Å². The number of hydrogen-bond donors (Lipinski definition) is 1. The average molecular weight is 306 g/mol. The van der Waals surface area contributed by atoms with Crippen LogP contribution in [0.15, 0.2) is 24.3 Å². The van der Waals surface area contributed by atoms with Crippen LogP contribution in [0.1, 0.15) is 17.8 Å². The minimum Gasteiger partial charge on any atom is -0.376 e. The van der Waals surface area contributed by atoms with Gasteiger partial charge in [-0.3, -0.25) is 4.79 Å². The number of benzene rings is 1. The molecule has 0 bridgehead atoms. The highest BCUT2D eigenvalue weighted by Gasteiger charge is 2.16. The Labute approximate surface area is 127 Å². The van der Waals surface area contributed by atoms with Crippen molar-refractivity contribution >= 4 is 27.5 Å². The molecule has 2 aromatic rings. The Kier molecular flexibility index (Phi) is 4.80. The number of nitrogens with one attached hydrogen (secondary N) is 1. The minimum absolute atomic E-state index is 0.0742. The Hall–Kier alpha value is -1.50. The number of thiazole rings is 1. The van der Waals surface area contributed by atoms with E-state index in [1.807, 2.05) is 24.3 Å². The fourth-order valence-electron chi connectivity index (χ4n) is 2.28. The van der Waals surface area contributed by atoms with Gasteiger partial charge in [0.15, 0.2) is 0 Å². The normalized spacial score (nSPS) is 18.2. The third-order valence-corrected chi connectivity index (χ3v) is 4.37. The lowest BCUT2D eigenvalue weighted by molar-refractivity contribution is -0.127. The van der Waals surface area contributed by atoms with E-state index in [1.54, 1.807) is 11.3 Å². The maximum Gasteiger partial charge on any atom is 0.246 e. The number of aromatic nitrogens is 1. The second kappa shape index (κ2) is 6.98. The van der Waals surface area contributed by atoms with Crippen LogP contribution in [0.5, 0.6) is 0 Å². The zero-order valence-corrected chi connectivity index (χ0v) is 12.5. The van der Waals surface area contributed by atoms with Gasteiger partial charge in [0.05, 0.1) is 29.5 Å². The van der Waals surface area contributed by atoms with E-state index in [9.17, 15) is 4.79 Å². The van der Waals surface area contributed by atoms with Crippen LogP contribution < -0.4 is 5.32 Å². The molecule has 0 aliphatic carbocycles. The van der Waals surface area contributed by atoms with Crippen molar-refractivity contribution in [2.45, 2.75) is 25.5 Å². The van der Waals surface area contributed by atoms with E-state index in [0.717, 1.165) is 34.7 Å². The lowest BCUT2D eigenvalue weighted by Crippen LogP contribution is -2.28. The first-order valence-electron chi connectivity index (χ1n) is 7.12. The molecule has 1 aliphatic heterocycles. The Bertz CT molecular complexity index is 575. The molecular formula is C15H18N2O3S. The number of carbonyl (C=O) groups is 1. The molecule has 1 unspecified atom stereocenters. The number of nitrogens with zero attached hydrogens (tertiary/aromatic N) is 1. The second-order valence-electron chi connectivity index (χ2n) is 5.00. The van der Waals surface area contributed by atoms with Gasteiger partial charge in [-0.2, -0.15) is 0 Å². The SMILES string of the molecule is O=C(COCC1CCCO1)NCc1nc2ccccc2s1. The zero-order valence-electron chi connectivity index (χ0n) is 11.7. The number of rotatable bonds is 6. The van der Waals surface area contributed by atoms with E-state index >= 15 is 0 Å². The summed E-state index contributed by atoms with van der Waals surface area (Å²) in [4.78, 5) is 16.2. The first-order chi connectivity index (χ1) is 10.3. The van der Waals surface area contributed by atoms with Crippen molar-refractivity contribution in [2.24, 2.45) is 0 Å². The van der Waals surface area contributed by atoms with Crippen molar-refractivity contribution in [1.82, 2.24) is 10.3 Å². The van der Waals surface area contributed by atoms with Crippen molar-refractivity contribution in [3.8, 4) is 0 Å². The Balaban J connectivity index is 1.40. The smallest absolute Gasteiger partial charge is 0.246 e. The van der Waals surface area contributed by atoms with E-state index in [2.05, 4.69) is 10.3 Å². The number of para-hydroxylation sites is 1. The van der Waals surface area contributed by atoms with Gasteiger partial charge in [-0.15, -0.1) is 11.3 Å². The molecule has 1 amide bonds. The lowest BCUT2D eigenvalue weighted by atomic mass is 10.2. The molecule has 1 fully saturated rings. The molecule has 1 saturated heterocycles. The van der Waals surface area contributed by atoms with Crippen molar-refractivity contribution < 1.29 is 14.3 Å². The van der Waals surface area contributed by atoms with Gasteiger partial charge >= 0.3 is 0 Å². The van der Waals surface area contributed by atoms with Crippen LogP contribution in [-0.2, 0) is 20.8 Å². The fraction of sp³-hybridized carbons (Fsp3) is 0.467. The van der Waals surface area contributed by atoms with Gasteiger partial charge in [0.25, 0.3) is 0 Å². The maximum atomic E-state index is 11.7. The molecule has 1 atom stereocenters. The van der Waals surface area contributed by atoms with E-state index in [1.165, 1.54) is 0 Å². The molecule has 1 aromatic heterocycles. The Morgan fingerprint density at radius 1 is 1.48 bits per heavy atom. The third kappa shape index (κ3) is 4.00. The second-order valence-corrected chi connectivity index (χ2v) is 6.12. The average Bonchev–Trinajstić information content (AvgIpc) is 3.13. The summed E-state index contributed by atoms with van der Waals surface area (Å²) in [5.41, 5.74) is 0.974. The van der Waals surface area contributed by atoms with Crippen LogP contribution in [0.4, 0.5) is 0 Å². The number of ether oxygens (including phenoxy) is 2. The summed E-state index contributed by atoms with van der Waals surface area (Å²) in [7, 11) is 0. The van der Waals surface area contributed by atoms with E-state index in [-0.39, 0.29) is 18.6 Å². The van der Waals surface area contributed by atoms with Gasteiger partial charge in [-0.1, -0.05) is 12.1 Å². The molecule has 3 rings (SSSR count). The topological polar surface area (TPSA) is 60.5 Å². The van der Waals surface area contributed by atoms with Gasteiger partial charge < -0.3 is 14.8 Å². The minimum atomic E-state index is -0.118. The summed E-state index contributed by atoms with van der Waals surface area (Å²) < 4.78 is 11.9. The quantitative estimate of drug-likeness (QED) is 0.888.